The van der Waals surface area contributed by atoms with E-state index in [4.69, 9.17) is 5.73 Å². The van der Waals surface area contributed by atoms with Crippen molar-refractivity contribution in [3.8, 4) is 0 Å². The van der Waals surface area contributed by atoms with E-state index in [2.05, 4.69) is 4.98 Å². The molecule has 0 bridgehead atoms. The summed E-state index contributed by atoms with van der Waals surface area (Å²) in [5, 5.41) is 0. The lowest BCUT2D eigenvalue weighted by Crippen LogP contribution is -2.08. The van der Waals surface area contributed by atoms with Gasteiger partial charge in [0.15, 0.2) is 0 Å². The summed E-state index contributed by atoms with van der Waals surface area (Å²) in [5.74, 6) is 1.22. The van der Waals surface area contributed by atoms with Gasteiger partial charge in [-0.05, 0) is 31.5 Å². The number of nitrogens with zero attached hydrogens (tertiary/aromatic N) is 1. The minimum absolute atomic E-state index is 0.548. The Morgan fingerprint density at radius 3 is 3.00 bits per heavy atom. The summed E-state index contributed by atoms with van der Waals surface area (Å²) in [4.78, 5) is 4.20. The molecule has 0 fully saturated rings. The number of aryl methyl sites for hydroxylation is 1. The van der Waals surface area contributed by atoms with Gasteiger partial charge in [0, 0.05) is 22.7 Å². The maximum atomic E-state index is 11.5. The van der Waals surface area contributed by atoms with Gasteiger partial charge in [-0.2, -0.15) is 0 Å². The Bertz CT molecular complexity index is 315. The van der Waals surface area contributed by atoms with E-state index in [1.807, 2.05) is 19.1 Å². The van der Waals surface area contributed by atoms with Crippen LogP contribution >= 0.6 is 0 Å². The smallest absolute Gasteiger partial charge is 0.0661 e. The fourth-order valence-corrected chi connectivity index (χ4v) is 2.38. The molecule has 0 aliphatic heterocycles. The molecule has 4 heteroatoms. The van der Waals surface area contributed by atoms with E-state index in [0.29, 0.717) is 18.1 Å². The summed E-state index contributed by atoms with van der Waals surface area (Å²) >= 11 is 0. The fourth-order valence-electron chi connectivity index (χ4n) is 1.14. The van der Waals surface area contributed by atoms with E-state index >= 15 is 0 Å². The summed E-state index contributed by atoms with van der Waals surface area (Å²) in [6.07, 6.45) is 2.56. The molecule has 1 aromatic rings. The zero-order valence-electron chi connectivity index (χ0n) is 8.40. The summed E-state index contributed by atoms with van der Waals surface area (Å²) in [6, 6.07) is 3.88. The molecule has 0 saturated carbocycles. The molecule has 1 heterocycles. The normalized spacial score (nSPS) is 12.7. The number of hydrogen-bond donors (Lipinski definition) is 1. The molecule has 1 rings (SSSR count). The lowest BCUT2D eigenvalue weighted by molar-refractivity contribution is 0.679. The Balaban J connectivity index is 2.52. The second-order valence-electron chi connectivity index (χ2n) is 3.20. The van der Waals surface area contributed by atoms with Gasteiger partial charge < -0.3 is 5.73 Å². The first-order valence-electron chi connectivity index (χ1n) is 4.69. The van der Waals surface area contributed by atoms with Crippen molar-refractivity contribution >= 4 is 10.8 Å². The standard InChI is InChI=1S/C10H16N2OS/c1-9-4-2-6-12-10(9)8-14(13)7-3-5-11/h2,4,6H,3,5,7-8,11H2,1H3. The number of nitrogens with two attached hydrogens (primary N) is 1. The average molecular weight is 212 g/mol. The molecule has 1 unspecified atom stereocenters. The third-order valence-corrected chi connectivity index (χ3v) is 3.33. The lowest BCUT2D eigenvalue weighted by Gasteiger charge is -2.03. The van der Waals surface area contributed by atoms with Gasteiger partial charge in [0.1, 0.15) is 0 Å². The van der Waals surface area contributed by atoms with Crippen LogP contribution in [0.15, 0.2) is 18.3 Å². The van der Waals surface area contributed by atoms with Crippen LogP contribution in [-0.2, 0) is 16.6 Å². The van der Waals surface area contributed by atoms with Gasteiger partial charge in [0.25, 0.3) is 0 Å². The van der Waals surface area contributed by atoms with Gasteiger partial charge in [0.2, 0.25) is 0 Å². The largest absolute Gasteiger partial charge is 0.330 e. The van der Waals surface area contributed by atoms with Gasteiger partial charge in [-0.1, -0.05) is 6.07 Å². The van der Waals surface area contributed by atoms with Crippen molar-refractivity contribution in [3.63, 3.8) is 0 Å². The molecule has 0 aliphatic carbocycles. The molecule has 0 amide bonds. The van der Waals surface area contributed by atoms with Gasteiger partial charge in [-0.3, -0.25) is 9.19 Å². The van der Waals surface area contributed by atoms with Crippen molar-refractivity contribution in [2.24, 2.45) is 5.73 Å². The molecule has 0 spiro atoms. The van der Waals surface area contributed by atoms with E-state index in [0.717, 1.165) is 17.7 Å². The van der Waals surface area contributed by atoms with Crippen LogP contribution < -0.4 is 5.73 Å². The molecule has 1 atom stereocenters. The molecule has 78 valence electrons. The van der Waals surface area contributed by atoms with E-state index in [9.17, 15) is 4.21 Å². The number of pyridine rings is 1. The molecule has 0 aromatic carbocycles. The van der Waals surface area contributed by atoms with Crippen LogP contribution in [0.4, 0.5) is 0 Å². The van der Waals surface area contributed by atoms with E-state index in [-0.39, 0.29) is 0 Å². The minimum Gasteiger partial charge on any atom is -0.330 e. The average Bonchev–Trinajstić information content (AvgIpc) is 2.18. The highest BCUT2D eigenvalue weighted by molar-refractivity contribution is 7.84. The Labute approximate surface area is 87.2 Å². The molecule has 2 N–H and O–H groups in total. The number of hydrogen-bond acceptors (Lipinski definition) is 3. The Morgan fingerprint density at radius 1 is 1.57 bits per heavy atom. The zero-order chi connectivity index (χ0) is 10.4. The van der Waals surface area contributed by atoms with Crippen LogP contribution in [0.1, 0.15) is 17.7 Å². The Kier molecular flexibility index (Phi) is 4.76. The van der Waals surface area contributed by atoms with Crippen molar-refractivity contribution in [2.45, 2.75) is 19.1 Å². The van der Waals surface area contributed by atoms with Gasteiger partial charge in [0.05, 0.1) is 11.4 Å². The highest BCUT2D eigenvalue weighted by atomic mass is 32.2. The third kappa shape index (κ3) is 3.55. The van der Waals surface area contributed by atoms with E-state index in [1.54, 1.807) is 6.20 Å². The van der Waals surface area contributed by atoms with Crippen LogP contribution in [0.3, 0.4) is 0 Å². The Morgan fingerprint density at radius 2 is 2.36 bits per heavy atom. The highest BCUT2D eigenvalue weighted by Gasteiger charge is 2.04. The van der Waals surface area contributed by atoms with Crippen molar-refractivity contribution in [1.82, 2.24) is 4.98 Å². The summed E-state index contributed by atoms with van der Waals surface area (Å²) in [6.45, 7) is 2.59. The van der Waals surface area contributed by atoms with Gasteiger partial charge in [-0.25, -0.2) is 0 Å². The van der Waals surface area contributed by atoms with Crippen molar-refractivity contribution in [3.05, 3.63) is 29.6 Å². The zero-order valence-corrected chi connectivity index (χ0v) is 9.22. The van der Waals surface area contributed by atoms with Crippen LogP contribution in [0.5, 0.6) is 0 Å². The maximum Gasteiger partial charge on any atom is 0.0661 e. The lowest BCUT2D eigenvalue weighted by atomic mass is 10.2. The summed E-state index contributed by atoms with van der Waals surface area (Å²) in [7, 11) is -0.824. The fraction of sp³-hybridized carbons (Fsp3) is 0.500. The third-order valence-electron chi connectivity index (χ3n) is 1.99. The molecule has 0 saturated heterocycles. The summed E-state index contributed by atoms with van der Waals surface area (Å²) < 4.78 is 11.5. The molecule has 1 aromatic heterocycles. The second-order valence-corrected chi connectivity index (χ2v) is 4.77. The molecular formula is C10H16N2OS. The monoisotopic (exact) mass is 212 g/mol. The van der Waals surface area contributed by atoms with Crippen molar-refractivity contribution < 1.29 is 4.21 Å². The maximum absolute atomic E-state index is 11.5. The molecule has 0 radical (unpaired) electrons. The van der Waals surface area contributed by atoms with Crippen LogP contribution in [-0.4, -0.2) is 21.5 Å². The second kappa shape index (κ2) is 5.88. The molecule has 3 nitrogen and oxygen atoms in total. The van der Waals surface area contributed by atoms with Gasteiger partial charge >= 0.3 is 0 Å². The summed E-state index contributed by atoms with van der Waals surface area (Å²) in [5.41, 5.74) is 7.39. The van der Waals surface area contributed by atoms with Crippen LogP contribution in [0.2, 0.25) is 0 Å². The first kappa shape index (κ1) is 11.3. The Hall–Kier alpha value is -0.740. The predicted molar refractivity (Wildman–Crippen MR) is 59.4 cm³/mol. The van der Waals surface area contributed by atoms with Crippen molar-refractivity contribution in [1.29, 1.82) is 0 Å². The molecule has 0 aliphatic rings. The van der Waals surface area contributed by atoms with Crippen LogP contribution in [0.25, 0.3) is 0 Å². The quantitative estimate of drug-likeness (QED) is 0.792. The minimum atomic E-state index is -0.824. The molecule has 14 heavy (non-hydrogen) atoms. The highest BCUT2D eigenvalue weighted by Crippen LogP contribution is 2.06. The SMILES string of the molecule is Cc1cccnc1CS(=O)CCCN. The van der Waals surface area contributed by atoms with Crippen molar-refractivity contribution in [2.75, 3.05) is 12.3 Å². The predicted octanol–water partition coefficient (Wildman–Crippen LogP) is 0.988. The first-order chi connectivity index (χ1) is 6.74. The van der Waals surface area contributed by atoms with Crippen LogP contribution in [0, 0.1) is 6.92 Å². The first-order valence-corrected chi connectivity index (χ1v) is 6.18. The molecular weight excluding hydrogens is 196 g/mol. The number of aromatic nitrogens is 1. The van der Waals surface area contributed by atoms with Gasteiger partial charge in [-0.15, -0.1) is 0 Å². The number of rotatable bonds is 5. The van der Waals surface area contributed by atoms with E-state index in [1.165, 1.54) is 0 Å². The topological polar surface area (TPSA) is 56.0 Å². The van der Waals surface area contributed by atoms with E-state index < -0.39 is 10.8 Å².